The van der Waals surface area contributed by atoms with E-state index >= 15 is 0 Å². The summed E-state index contributed by atoms with van der Waals surface area (Å²) in [6.07, 6.45) is 73.6. The van der Waals surface area contributed by atoms with Gasteiger partial charge in [0.2, 0.25) is 0 Å². The van der Waals surface area contributed by atoms with Crippen LogP contribution in [0.25, 0.3) is 0 Å². The number of carbonyl (C=O) groups is 3. The fourth-order valence-electron chi connectivity index (χ4n) is 5.83. The van der Waals surface area contributed by atoms with Crippen molar-refractivity contribution >= 4 is 17.9 Å². The first-order valence-electron chi connectivity index (χ1n) is 24.7. The van der Waals surface area contributed by atoms with Gasteiger partial charge < -0.3 is 14.2 Å². The van der Waals surface area contributed by atoms with Crippen LogP contribution in [0.15, 0.2) is 158 Å². The maximum Gasteiger partial charge on any atom is 0.306 e. The van der Waals surface area contributed by atoms with Gasteiger partial charge in [0.25, 0.3) is 0 Å². The van der Waals surface area contributed by atoms with Gasteiger partial charge in [-0.2, -0.15) is 0 Å². The van der Waals surface area contributed by atoms with Gasteiger partial charge >= 0.3 is 17.9 Å². The van der Waals surface area contributed by atoms with Gasteiger partial charge in [0, 0.05) is 19.3 Å². The number of hydrogen-bond acceptors (Lipinski definition) is 6. The SMILES string of the molecule is CC\C=C/C=C\C=C/C=C\C=C\C=C/CCCCCC(=O)OC(COC(=O)CCCCC/C=C\C=C/CCCC)COC(=O)CCCCCCC\C=C/C=C\C=C/C=C\C=C/CCC. The second kappa shape index (κ2) is 50.7. The van der Waals surface area contributed by atoms with E-state index in [1.54, 1.807) is 0 Å². The molecule has 0 bridgehead atoms. The number of hydrogen-bond donors (Lipinski definition) is 0. The molecule has 6 nitrogen and oxygen atoms in total. The van der Waals surface area contributed by atoms with Gasteiger partial charge in [-0.3, -0.25) is 14.4 Å². The summed E-state index contributed by atoms with van der Waals surface area (Å²) in [6.45, 7) is 6.23. The molecule has 0 aliphatic heterocycles. The van der Waals surface area contributed by atoms with Crippen molar-refractivity contribution in [3.63, 3.8) is 0 Å². The highest BCUT2D eigenvalue weighted by Gasteiger charge is 2.19. The fraction of sp³-hybridized carbons (Fsp3) is 0.500. The first kappa shape index (κ1) is 59.0. The smallest absolute Gasteiger partial charge is 0.306 e. The van der Waals surface area contributed by atoms with Crippen LogP contribution in [0.1, 0.15) is 168 Å². The third kappa shape index (κ3) is 48.1. The van der Waals surface area contributed by atoms with Gasteiger partial charge in [-0.05, 0) is 77.0 Å². The van der Waals surface area contributed by atoms with E-state index in [2.05, 4.69) is 81.5 Å². The predicted octanol–water partition coefficient (Wildman–Crippen LogP) is 16.2. The Morgan fingerprint density at radius 2 is 0.641 bits per heavy atom. The highest BCUT2D eigenvalue weighted by atomic mass is 16.6. The second-order valence-electron chi connectivity index (χ2n) is 15.6. The summed E-state index contributed by atoms with van der Waals surface area (Å²) in [5, 5.41) is 0. The normalized spacial score (nSPS) is 13.5. The van der Waals surface area contributed by atoms with Gasteiger partial charge in [-0.25, -0.2) is 0 Å². The van der Waals surface area contributed by atoms with E-state index in [4.69, 9.17) is 14.2 Å². The highest BCUT2D eigenvalue weighted by molar-refractivity contribution is 5.71. The molecule has 6 heteroatoms. The lowest BCUT2D eigenvalue weighted by Crippen LogP contribution is -2.30. The Morgan fingerprint density at radius 3 is 1.05 bits per heavy atom. The molecule has 0 spiro atoms. The molecule has 0 saturated heterocycles. The van der Waals surface area contributed by atoms with Crippen molar-refractivity contribution < 1.29 is 28.6 Å². The minimum absolute atomic E-state index is 0.127. The molecule has 0 rings (SSSR count). The molecule has 0 aliphatic carbocycles. The minimum Gasteiger partial charge on any atom is -0.462 e. The van der Waals surface area contributed by atoms with Crippen molar-refractivity contribution in [2.24, 2.45) is 0 Å². The molecule has 0 saturated carbocycles. The van der Waals surface area contributed by atoms with Crippen LogP contribution in [0.5, 0.6) is 0 Å². The van der Waals surface area contributed by atoms with Crippen LogP contribution in [0.4, 0.5) is 0 Å². The van der Waals surface area contributed by atoms with Crippen LogP contribution < -0.4 is 0 Å². The molecule has 0 radical (unpaired) electrons. The average molecular weight is 879 g/mol. The van der Waals surface area contributed by atoms with E-state index < -0.39 is 6.10 Å². The van der Waals surface area contributed by atoms with Crippen LogP contribution in [-0.4, -0.2) is 37.2 Å². The number of rotatable bonds is 41. The summed E-state index contributed by atoms with van der Waals surface area (Å²) >= 11 is 0. The molecule has 0 amide bonds. The maximum absolute atomic E-state index is 12.8. The molecule has 1 atom stereocenters. The van der Waals surface area contributed by atoms with E-state index in [-0.39, 0.29) is 37.5 Å². The molecule has 0 heterocycles. The van der Waals surface area contributed by atoms with E-state index in [1.165, 1.54) is 19.3 Å². The number of allylic oxidation sites excluding steroid dienone is 26. The summed E-state index contributed by atoms with van der Waals surface area (Å²) in [6, 6.07) is 0. The molecule has 0 fully saturated rings. The summed E-state index contributed by atoms with van der Waals surface area (Å²) in [4.78, 5) is 37.9. The van der Waals surface area contributed by atoms with Gasteiger partial charge in [0.1, 0.15) is 13.2 Å². The van der Waals surface area contributed by atoms with Crippen LogP contribution in [0.2, 0.25) is 0 Å². The highest BCUT2D eigenvalue weighted by Crippen LogP contribution is 2.11. The minimum atomic E-state index is -0.830. The quantitative estimate of drug-likeness (QED) is 0.0263. The molecule has 64 heavy (non-hydrogen) atoms. The van der Waals surface area contributed by atoms with Crippen molar-refractivity contribution in [2.75, 3.05) is 13.2 Å². The number of unbranched alkanes of at least 4 members (excludes halogenated alkanes) is 14. The summed E-state index contributed by atoms with van der Waals surface area (Å²) in [5.74, 6) is -1.04. The Kier molecular flexibility index (Phi) is 46.7. The monoisotopic (exact) mass is 879 g/mol. The molecule has 354 valence electrons. The predicted molar refractivity (Wildman–Crippen MR) is 274 cm³/mol. The average Bonchev–Trinajstić information content (AvgIpc) is 3.29. The molecule has 0 aliphatic rings. The zero-order valence-electron chi connectivity index (χ0n) is 40.2. The van der Waals surface area contributed by atoms with Crippen molar-refractivity contribution in [1.82, 2.24) is 0 Å². The maximum atomic E-state index is 12.8. The van der Waals surface area contributed by atoms with E-state index in [0.29, 0.717) is 19.3 Å². The third-order valence-electron chi connectivity index (χ3n) is 9.53. The van der Waals surface area contributed by atoms with E-state index in [9.17, 15) is 14.4 Å². The zero-order valence-corrected chi connectivity index (χ0v) is 40.2. The molecular formula is C58H86O6. The molecule has 1 unspecified atom stereocenters. The van der Waals surface area contributed by atoms with Gasteiger partial charge in [0.05, 0.1) is 0 Å². The summed E-state index contributed by atoms with van der Waals surface area (Å²) in [7, 11) is 0. The Morgan fingerprint density at radius 1 is 0.328 bits per heavy atom. The standard InChI is InChI=1S/C58H86O6/c1-4-7-10-13-16-19-22-24-26-28-30-31-33-36-39-42-45-48-51-57(60)63-54-55(53-62-56(59)50-47-44-41-38-35-21-18-15-12-9-6-3)64-58(61)52-49-46-43-40-37-34-32-29-27-25-23-20-17-14-11-8-5-2/h8,10-11,13-32,34-35,37,55H,4-7,9,12,33,36,38-54H2,1-3H3/b11-8-,13-10-,17-14-,18-15-,19-16-,23-20-,24-22-,27-25-,28-26-,31-30-,32-29+,35-21-,37-34-. The second-order valence-corrected chi connectivity index (χ2v) is 15.6. The lowest BCUT2D eigenvalue weighted by atomic mass is 10.1. The van der Waals surface area contributed by atoms with Crippen LogP contribution >= 0.6 is 0 Å². The first-order chi connectivity index (χ1) is 31.5. The van der Waals surface area contributed by atoms with Crippen LogP contribution in [0, 0.1) is 0 Å². The van der Waals surface area contributed by atoms with E-state index in [1.807, 2.05) is 97.2 Å². The van der Waals surface area contributed by atoms with Crippen molar-refractivity contribution in [2.45, 2.75) is 175 Å². The van der Waals surface area contributed by atoms with Crippen molar-refractivity contribution in [3.8, 4) is 0 Å². The van der Waals surface area contributed by atoms with Crippen molar-refractivity contribution in [3.05, 3.63) is 158 Å². The van der Waals surface area contributed by atoms with Crippen molar-refractivity contribution in [1.29, 1.82) is 0 Å². The molecule has 0 N–H and O–H groups in total. The largest absolute Gasteiger partial charge is 0.462 e. The Balaban J connectivity index is 4.60. The zero-order chi connectivity index (χ0) is 46.5. The Labute approximate surface area is 390 Å². The Hall–Kier alpha value is -4.97. The Bertz CT molecular complexity index is 1520. The van der Waals surface area contributed by atoms with E-state index in [0.717, 1.165) is 103 Å². The first-order valence-corrected chi connectivity index (χ1v) is 24.7. The fourth-order valence-corrected chi connectivity index (χ4v) is 5.83. The lowest BCUT2D eigenvalue weighted by Gasteiger charge is -2.18. The topological polar surface area (TPSA) is 78.9 Å². The molecule has 0 aromatic rings. The molecule has 0 aromatic carbocycles. The summed E-state index contributed by atoms with van der Waals surface area (Å²) < 4.78 is 16.7. The van der Waals surface area contributed by atoms with Crippen LogP contribution in [0.3, 0.4) is 0 Å². The molecule has 0 aromatic heterocycles. The summed E-state index contributed by atoms with van der Waals surface area (Å²) in [5.41, 5.74) is 0. The lowest BCUT2D eigenvalue weighted by molar-refractivity contribution is -0.167. The number of esters is 3. The van der Waals surface area contributed by atoms with Gasteiger partial charge in [0.15, 0.2) is 6.10 Å². The molecular weight excluding hydrogens is 793 g/mol. The van der Waals surface area contributed by atoms with Gasteiger partial charge in [-0.1, -0.05) is 230 Å². The van der Waals surface area contributed by atoms with Gasteiger partial charge in [-0.15, -0.1) is 0 Å². The van der Waals surface area contributed by atoms with Crippen LogP contribution in [-0.2, 0) is 28.6 Å². The third-order valence-corrected chi connectivity index (χ3v) is 9.53. The number of carbonyl (C=O) groups excluding carboxylic acids is 3. The number of ether oxygens (including phenoxy) is 3.